The highest BCUT2D eigenvalue weighted by atomic mass is 19.4. The van der Waals surface area contributed by atoms with Gasteiger partial charge in [-0.25, -0.2) is 0 Å². The lowest BCUT2D eigenvalue weighted by Gasteiger charge is -2.36. The van der Waals surface area contributed by atoms with E-state index in [1.54, 1.807) is 31.2 Å². The van der Waals surface area contributed by atoms with E-state index in [1.807, 2.05) is 6.92 Å². The quantitative estimate of drug-likeness (QED) is 0.839. The number of alkyl halides is 3. The number of nitrogens with two attached hydrogens (primary N) is 1. The van der Waals surface area contributed by atoms with E-state index in [1.165, 1.54) is 12.0 Å². The minimum Gasteiger partial charge on any atom is -0.496 e. The van der Waals surface area contributed by atoms with Gasteiger partial charge in [0.2, 0.25) is 0 Å². The predicted molar refractivity (Wildman–Crippen MR) is 77.3 cm³/mol. The van der Waals surface area contributed by atoms with Crippen molar-refractivity contribution in [3.05, 3.63) is 29.8 Å². The maximum Gasteiger partial charge on any atom is 0.401 e. The van der Waals surface area contributed by atoms with Crippen LogP contribution in [0, 0.1) is 0 Å². The van der Waals surface area contributed by atoms with Crippen LogP contribution in [0.25, 0.3) is 0 Å². The van der Waals surface area contributed by atoms with Gasteiger partial charge in [0.25, 0.3) is 0 Å². The van der Waals surface area contributed by atoms with Gasteiger partial charge >= 0.3 is 6.18 Å². The number of hydrogen-bond donors (Lipinski definition) is 1. The van der Waals surface area contributed by atoms with E-state index in [2.05, 4.69) is 0 Å². The van der Waals surface area contributed by atoms with Crippen molar-refractivity contribution in [1.29, 1.82) is 0 Å². The molecule has 0 radical (unpaired) electrons. The number of hydrogen-bond acceptors (Lipinski definition) is 3. The molecule has 120 valence electrons. The van der Waals surface area contributed by atoms with Crippen LogP contribution in [0.3, 0.4) is 0 Å². The fourth-order valence-corrected chi connectivity index (χ4v) is 2.47. The molecule has 1 rings (SSSR count). The van der Waals surface area contributed by atoms with Gasteiger partial charge in [0.05, 0.1) is 19.7 Å². The lowest BCUT2D eigenvalue weighted by Crippen LogP contribution is -2.45. The lowest BCUT2D eigenvalue weighted by molar-refractivity contribution is -0.151. The average molecular weight is 304 g/mol. The summed E-state index contributed by atoms with van der Waals surface area (Å²) >= 11 is 0. The first-order valence-electron chi connectivity index (χ1n) is 7.03. The Bertz CT molecular complexity index is 437. The molecule has 0 heterocycles. The Kier molecular flexibility index (Phi) is 6.48. The van der Waals surface area contributed by atoms with Gasteiger partial charge in [-0.15, -0.1) is 0 Å². The Balaban J connectivity index is 3.21. The molecule has 0 aliphatic rings. The molecule has 2 N–H and O–H groups in total. The van der Waals surface area contributed by atoms with Gasteiger partial charge in [0, 0.05) is 11.6 Å². The maximum absolute atomic E-state index is 12.8. The molecule has 0 aliphatic carbocycles. The molecule has 0 spiro atoms. The first kappa shape index (κ1) is 17.8. The SMILES string of the molecule is CCC(N)C(c1ccccc1OC)N(CC)CC(F)(F)F. The minimum atomic E-state index is -4.26. The molecule has 3 nitrogen and oxygen atoms in total. The maximum atomic E-state index is 12.8. The Morgan fingerprint density at radius 2 is 1.86 bits per heavy atom. The molecular weight excluding hydrogens is 281 g/mol. The minimum absolute atomic E-state index is 0.260. The number of para-hydroxylation sites is 1. The zero-order valence-corrected chi connectivity index (χ0v) is 12.7. The van der Waals surface area contributed by atoms with Gasteiger partial charge < -0.3 is 10.5 Å². The van der Waals surface area contributed by atoms with Crippen LogP contribution in [-0.4, -0.2) is 37.3 Å². The van der Waals surface area contributed by atoms with Crippen LogP contribution in [-0.2, 0) is 0 Å². The first-order chi connectivity index (χ1) is 9.84. The van der Waals surface area contributed by atoms with Crippen LogP contribution in [0.15, 0.2) is 24.3 Å². The molecule has 2 atom stereocenters. The summed E-state index contributed by atoms with van der Waals surface area (Å²) < 4.78 is 43.7. The van der Waals surface area contributed by atoms with Gasteiger partial charge in [-0.05, 0) is 19.0 Å². The number of likely N-dealkylation sites (N-methyl/N-ethyl adjacent to an activating group) is 1. The van der Waals surface area contributed by atoms with E-state index in [9.17, 15) is 13.2 Å². The van der Waals surface area contributed by atoms with Gasteiger partial charge in [-0.3, -0.25) is 4.90 Å². The molecule has 0 amide bonds. The predicted octanol–water partition coefficient (Wildman–Crippen LogP) is 3.36. The summed E-state index contributed by atoms with van der Waals surface area (Å²) in [5, 5.41) is 0. The molecule has 0 aliphatic heterocycles. The second-order valence-electron chi connectivity index (χ2n) is 4.94. The highest BCUT2D eigenvalue weighted by molar-refractivity contribution is 5.36. The largest absolute Gasteiger partial charge is 0.496 e. The third-order valence-electron chi connectivity index (χ3n) is 3.52. The lowest BCUT2D eigenvalue weighted by atomic mass is 9.95. The van der Waals surface area contributed by atoms with Crippen molar-refractivity contribution in [2.24, 2.45) is 5.73 Å². The Morgan fingerprint density at radius 1 is 1.24 bits per heavy atom. The third kappa shape index (κ3) is 4.89. The van der Waals surface area contributed by atoms with E-state index in [0.29, 0.717) is 17.7 Å². The summed E-state index contributed by atoms with van der Waals surface area (Å²) in [6, 6.07) is 6.16. The smallest absolute Gasteiger partial charge is 0.401 e. The van der Waals surface area contributed by atoms with Gasteiger partial charge in [-0.2, -0.15) is 13.2 Å². The van der Waals surface area contributed by atoms with Gasteiger partial charge in [-0.1, -0.05) is 32.0 Å². The number of nitrogens with zero attached hydrogens (tertiary/aromatic N) is 1. The molecule has 1 aromatic carbocycles. The summed E-state index contributed by atoms with van der Waals surface area (Å²) in [6.07, 6.45) is -3.68. The Labute approximate surface area is 123 Å². The molecule has 0 bridgehead atoms. The number of ether oxygens (including phenoxy) is 1. The van der Waals surface area contributed by atoms with Crippen molar-refractivity contribution in [3.63, 3.8) is 0 Å². The molecule has 0 saturated heterocycles. The number of methoxy groups -OCH3 is 1. The molecule has 6 heteroatoms. The van der Waals surface area contributed by atoms with Crippen LogP contribution < -0.4 is 10.5 Å². The number of halogens is 3. The number of rotatable bonds is 7. The molecule has 0 saturated carbocycles. The third-order valence-corrected chi connectivity index (χ3v) is 3.52. The van der Waals surface area contributed by atoms with Crippen molar-refractivity contribution in [3.8, 4) is 5.75 Å². The Morgan fingerprint density at radius 3 is 2.33 bits per heavy atom. The highest BCUT2D eigenvalue weighted by Gasteiger charge is 2.36. The van der Waals surface area contributed by atoms with Crippen LogP contribution in [0.1, 0.15) is 31.9 Å². The van der Waals surface area contributed by atoms with Crippen molar-refractivity contribution >= 4 is 0 Å². The topological polar surface area (TPSA) is 38.5 Å². The molecule has 1 aromatic rings. The fourth-order valence-electron chi connectivity index (χ4n) is 2.47. The van der Waals surface area contributed by atoms with Crippen molar-refractivity contribution in [1.82, 2.24) is 4.90 Å². The van der Waals surface area contributed by atoms with Crippen LogP contribution in [0.4, 0.5) is 13.2 Å². The zero-order valence-electron chi connectivity index (χ0n) is 12.7. The summed E-state index contributed by atoms with van der Waals surface area (Å²) in [7, 11) is 1.51. The normalized spacial score (nSPS) is 15.0. The Hall–Kier alpha value is -1.27. The highest BCUT2D eigenvalue weighted by Crippen LogP contribution is 2.33. The second-order valence-corrected chi connectivity index (χ2v) is 4.94. The van der Waals surface area contributed by atoms with E-state index in [-0.39, 0.29) is 6.54 Å². The van der Waals surface area contributed by atoms with Crippen LogP contribution in [0.5, 0.6) is 5.75 Å². The summed E-state index contributed by atoms with van der Waals surface area (Å²) in [4.78, 5) is 1.35. The van der Waals surface area contributed by atoms with Crippen LogP contribution >= 0.6 is 0 Å². The molecular formula is C15H23F3N2O. The zero-order chi connectivity index (χ0) is 16.0. The monoisotopic (exact) mass is 304 g/mol. The van der Waals surface area contributed by atoms with Gasteiger partial charge in [0.15, 0.2) is 0 Å². The first-order valence-corrected chi connectivity index (χ1v) is 7.03. The van der Waals surface area contributed by atoms with E-state index in [4.69, 9.17) is 10.5 Å². The van der Waals surface area contributed by atoms with E-state index >= 15 is 0 Å². The molecule has 2 unspecified atom stereocenters. The summed E-state index contributed by atoms with van der Waals surface area (Å²) in [5.74, 6) is 0.562. The van der Waals surface area contributed by atoms with Crippen molar-refractivity contribution in [2.45, 2.75) is 38.5 Å². The van der Waals surface area contributed by atoms with Crippen LogP contribution in [0.2, 0.25) is 0 Å². The second kappa shape index (κ2) is 7.66. The standard InChI is InChI=1S/C15H23F3N2O/c1-4-12(19)14(20(5-2)10-15(16,17)18)11-8-6-7-9-13(11)21-3/h6-9,12,14H,4-5,10,19H2,1-3H3. The summed E-state index contributed by atoms with van der Waals surface area (Å²) in [6.45, 7) is 2.85. The van der Waals surface area contributed by atoms with E-state index in [0.717, 1.165) is 0 Å². The van der Waals surface area contributed by atoms with Crippen molar-refractivity contribution in [2.75, 3.05) is 20.2 Å². The van der Waals surface area contributed by atoms with Crippen molar-refractivity contribution < 1.29 is 17.9 Å². The van der Waals surface area contributed by atoms with Gasteiger partial charge in [0.1, 0.15) is 5.75 Å². The average Bonchev–Trinajstić information content (AvgIpc) is 2.45. The molecule has 21 heavy (non-hydrogen) atoms. The molecule has 0 aromatic heterocycles. The summed E-state index contributed by atoms with van der Waals surface area (Å²) in [5.41, 5.74) is 6.80. The van der Waals surface area contributed by atoms with E-state index < -0.39 is 24.8 Å². The fraction of sp³-hybridized carbons (Fsp3) is 0.600. The molecule has 0 fully saturated rings. The number of benzene rings is 1.